The van der Waals surface area contributed by atoms with E-state index < -0.39 is 0 Å². The van der Waals surface area contributed by atoms with Crippen molar-refractivity contribution in [3.8, 4) is 11.4 Å². The van der Waals surface area contributed by atoms with Crippen LogP contribution in [0.25, 0.3) is 11.4 Å². The summed E-state index contributed by atoms with van der Waals surface area (Å²) in [6.07, 6.45) is 2.10. The highest BCUT2D eigenvalue weighted by atomic mass is 35.5. The molecule has 0 radical (unpaired) electrons. The lowest BCUT2D eigenvalue weighted by atomic mass is 10.2. The molecular formula is C14H15Cl2N5OS. The third kappa shape index (κ3) is 3.73. The van der Waals surface area contributed by atoms with Crippen molar-refractivity contribution in [2.24, 2.45) is 0 Å². The maximum atomic E-state index is 12.0. The molecule has 1 heterocycles. The quantitative estimate of drug-likeness (QED) is 0.623. The van der Waals surface area contributed by atoms with Gasteiger partial charge >= 0.3 is 0 Å². The van der Waals surface area contributed by atoms with Crippen LogP contribution in [0.3, 0.4) is 0 Å². The largest absolute Gasteiger partial charge is 0.352 e. The summed E-state index contributed by atoms with van der Waals surface area (Å²) >= 11 is 13.3. The van der Waals surface area contributed by atoms with Gasteiger partial charge in [-0.3, -0.25) is 4.79 Å². The van der Waals surface area contributed by atoms with Crippen LogP contribution in [0.1, 0.15) is 19.8 Å². The molecule has 1 aliphatic carbocycles. The van der Waals surface area contributed by atoms with Crippen molar-refractivity contribution in [3.63, 3.8) is 0 Å². The van der Waals surface area contributed by atoms with Gasteiger partial charge in [0.2, 0.25) is 11.1 Å². The molecule has 3 N–H and O–H groups in total. The molecular weight excluding hydrogens is 357 g/mol. The minimum absolute atomic E-state index is 0.0217. The molecule has 1 amide bonds. The van der Waals surface area contributed by atoms with E-state index >= 15 is 0 Å². The second-order valence-corrected chi connectivity index (χ2v) is 7.49. The summed E-state index contributed by atoms with van der Waals surface area (Å²) in [5.41, 5.74) is 0.632. The number of nitrogens with one attached hydrogen (secondary N) is 1. The Morgan fingerprint density at radius 3 is 2.83 bits per heavy atom. The molecule has 1 saturated carbocycles. The molecule has 0 bridgehead atoms. The van der Waals surface area contributed by atoms with Crippen molar-refractivity contribution in [2.45, 2.75) is 36.2 Å². The normalized spacial score (nSPS) is 15.4. The SMILES string of the molecule is CC(Sc1nnc(-c2ccc(Cl)cc2Cl)n1N)C(=O)NC1CC1. The van der Waals surface area contributed by atoms with Crippen LogP contribution < -0.4 is 11.2 Å². The van der Waals surface area contributed by atoms with Crippen LogP contribution >= 0.6 is 35.0 Å². The highest BCUT2D eigenvalue weighted by Crippen LogP contribution is 2.31. The van der Waals surface area contributed by atoms with Crippen LogP contribution in [0.4, 0.5) is 0 Å². The fourth-order valence-electron chi connectivity index (χ4n) is 1.97. The van der Waals surface area contributed by atoms with E-state index in [1.54, 1.807) is 18.2 Å². The molecule has 3 rings (SSSR count). The Kier molecular flexibility index (Phi) is 4.70. The van der Waals surface area contributed by atoms with Crippen LogP contribution in [0.5, 0.6) is 0 Å². The van der Waals surface area contributed by atoms with Gasteiger partial charge in [-0.1, -0.05) is 35.0 Å². The molecule has 6 nitrogen and oxygen atoms in total. The minimum Gasteiger partial charge on any atom is -0.352 e. The molecule has 0 saturated heterocycles. The Morgan fingerprint density at radius 2 is 2.17 bits per heavy atom. The Balaban J connectivity index is 1.77. The standard InChI is InChI=1S/C14H15Cl2N5OS/c1-7(13(22)18-9-3-4-9)23-14-20-19-12(21(14)17)10-5-2-8(15)6-11(10)16/h2,5-7,9H,3-4,17H2,1H3,(H,18,22). The van der Waals surface area contributed by atoms with Crippen molar-refractivity contribution >= 4 is 40.9 Å². The number of rotatable bonds is 5. The number of carbonyl (C=O) groups is 1. The molecule has 1 fully saturated rings. The van der Waals surface area contributed by atoms with E-state index in [0.717, 1.165) is 12.8 Å². The third-order valence-electron chi connectivity index (χ3n) is 3.41. The predicted octanol–water partition coefficient (Wildman–Crippen LogP) is 2.72. The summed E-state index contributed by atoms with van der Waals surface area (Å²) in [6, 6.07) is 5.38. The average molecular weight is 372 g/mol. The number of nitrogens with zero attached hydrogens (tertiary/aromatic N) is 3. The summed E-state index contributed by atoms with van der Waals surface area (Å²) in [5.74, 6) is 6.45. The number of nitrogens with two attached hydrogens (primary N) is 1. The number of carbonyl (C=O) groups excluding carboxylic acids is 1. The number of benzene rings is 1. The fourth-order valence-corrected chi connectivity index (χ4v) is 3.24. The molecule has 1 aromatic carbocycles. The Bertz CT molecular complexity index is 747. The summed E-state index contributed by atoms with van der Waals surface area (Å²) in [5, 5.41) is 12.2. The van der Waals surface area contributed by atoms with Gasteiger partial charge in [0.1, 0.15) is 0 Å². The Labute approximate surface area is 147 Å². The van der Waals surface area contributed by atoms with Crippen LogP contribution in [0.15, 0.2) is 23.4 Å². The smallest absolute Gasteiger partial charge is 0.233 e. The zero-order valence-electron chi connectivity index (χ0n) is 12.3. The third-order valence-corrected chi connectivity index (χ3v) is 5.02. The predicted molar refractivity (Wildman–Crippen MR) is 92.1 cm³/mol. The van der Waals surface area contributed by atoms with E-state index in [0.29, 0.717) is 32.6 Å². The van der Waals surface area contributed by atoms with Gasteiger partial charge in [0.05, 0.1) is 10.3 Å². The van der Waals surface area contributed by atoms with Crippen LogP contribution in [0.2, 0.25) is 10.0 Å². The van der Waals surface area contributed by atoms with E-state index in [1.807, 2.05) is 6.92 Å². The second kappa shape index (κ2) is 6.59. The first kappa shape index (κ1) is 16.4. The minimum atomic E-state index is -0.310. The maximum absolute atomic E-state index is 12.0. The molecule has 0 spiro atoms. The molecule has 9 heteroatoms. The number of amides is 1. The number of thioether (sulfide) groups is 1. The summed E-state index contributed by atoms with van der Waals surface area (Å²) in [4.78, 5) is 12.0. The topological polar surface area (TPSA) is 85.8 Å². The van der Waals surface area contributed by atoms with Gasteiger partial charge in [-0.2, -0.15) is 0 Å². The van der Waals surface area contributed by atoms with Crippen molar-refractivity contribution in [1.82, 2.24) is 20.2 Å². The zero-order chi connectivity index (χ0) is 16.6. The lowest BCUT2D eigenvalue weighted by molar-refractivity contribution is -0.120. The summed E-state index contributed by atoms with van der Waals surface area (Å²) in [6.45, 7) is 1.81. The Hall–Kier alpha value is -1.44. The molecule has 1 atom stereocenters. The number of halogens is 2. The second-order valence-electron chi connectivity index (χ2n) is 5.34. The van der Waals surface area contributed by atoms with Crippen LogP contribution in [-0.2, 0) is 4.79 Å². The first-order chi connectivity index (χ1) is 11.0. The first-order valence-corrected chi connectivity index (χ1v) is 8.72. The lowest BCUT2D eigenvalue weighted by Crippen LogP contribution is -2.32. The summed E-state index contributed by atoms with van der Waals surface area (Å²) in [7, 11) is 0. The monoisotopic (exact) mass is 371 g/mol. The fraction of sp³-hybridized carbons (Fsp3) is 0.357. The molecule has 2 aromatic rings. The molecule has 122 valence electrons. The van der Waals surface area contributed by atoms with Gasteiger partial charge in [0, 0.05) is 16.6 Å². The van der Waals surface area contributed by atoms with Gasteiger partial charge in [0.25, 0.3) is 0 Å². The van der Waals surface area contributed by atoms with Crippen LogP contribution in [0, 0.1) is 0 Å². The molecule has 1 aliphatic rings. The Morgan fingerprint density at radius 1 is 1.43 bits per heavy atom. The van der Waals surface area contributed by atoms with Gasteiger partial charge in [0.15, 0.2) is 5.82 Å². The first-order valence-electron chi connectivity index (χ1n) is 7.08. The van der Waals surface area contributed by atoms with E-state index in [4.69, 9.17) is 29.0 Å². The van der Waals surface area contributed by atoms with Gasteiger partial charge in [-0.15, -0.1) is 10.2 Å². The van der Waals surface area contributed by atoms with E-state index in [9.17, 15) is 4.79 Å². The molecule has 1 unspecified atom stereocenters. The van der Waals surface area contributed by atoms with Crippen LogP contribution in [-0.4, -0.2) is 32.1 Å². The number of hydrogen-bond acceptors (Lipinski definition) is 5. The number of aromatic nitrogens is 3. The van der Waals surface area contributed by atoms with E-state index in [-0.39, 0.29) is 11.2 Å². The van der Waals surface area contributed by atoms with E-state index in [1.165, 1.54) is 16.4 Å². The lowest BCUT2D eigenvalue weighted by Gasteiger charge is -2.11. The highest BCUT2D eigenvalue weighted by Gasteiger charge is 2.27. The molecule has 23 heavy (non-hydrogen) atoms. The summed E-state index contributed by atoms with van der Waals surface area (Å²) < 4.78 is 1.33. The average Bonchev–Trinajstić information content (AvgIpc) is 3.24. The molecule has 1 aromatic heterocycles. The highest BCUT2D eigenvalue weighted by molar-refractivity contribution is 8.00. The zero-order valence-corrected chi connectivity index (χ0v) is 14.6. The number of hydrogen-bond donors (Lipinski definition) is 2. The van der Waals surface area contributed by atoms with Gasteiger partial charge < -0.3 is 11.2 Å². The van der Waals surface area contributed by atoms with Gasteiger partial charge in [-0.25, -0.2) is 4.68 Å². The maximum Gasteiger partial charge on any atom is 0.233 e. The van der Waals surface area contributed by atoms with E-state index in [2.05, 4.69) is 15.5 Å². The van der Waals surface area contributed by atoms with Crippen molar-refractivity contribution in [2.75, 3.05) is 5.84 Å². The van der Waals surface area contributed by atoms with Crippen molar-refractivity contribution in [3.05, 3.63) is 28.2 Å². The van der Waals surface area contributed by atoms with Gasteiger partial charge in [-0.05, 0) is 38.0 Å². The van der Waals surface area contributed by atoms with Crippen molar-refractivity contribution in [1.29, 1.82) is 0 Å². The number of nitrogen functional groups attached to an aromatic ring is 1. The van der Waals surface area contributed by atoms with Crippen molar-refractivity contribution < 1.29 is 4.79 Å². The molecule has 0 aliphatic heterocycles.